The van der Waals surface area contributed by atoms with Crippen LogP contribution in [0.25, 0.3) is 11.2 Å². The molecule has 1 aromatic carbocycles. The van der Waals surface area contributed by atoms with Crippen LogP contribution >= 0.6 is 23.2 Å². The number of rotatable bonds is 7. The number of aromatic nitrogens is 4. The second kappa shape index (κ2) is 11.3. The second-order valence-corrected chi connectivity index (χ2v) is 11.8. The molecule has 216 valence electrons. The summed E-state index contributed by atoms with van der Waals surface area (Å²) in [5.41, 5.74) is -0.727. The van der Waals surface area contributed by atoms with Crippen LogP contribution in [0.1, 0.15) is 50.9 Å². The van der Waals surface area contributed by atoms with E-state index in [9.17, 15) is 18.0 Å². The Balaban J connectivity index is 1.34. The number of hydrogen-bond donors (Lipinski definition) is 1. The first kappa shape index (κ1) is 28.9. The highest BCUT2D eigenvalue weighted by Gasteiger charge is 2.40. The lowest BCUT2D eigenvalue weighted by Gasteiger charge is -2.47. The molecule has 1 amide bonds. The number of carbonyl (C=O) groups is 1. The maximum atomic E-state index is 13.9. The van der Waals surface area contributed by atoms with Crippen molar-refractivity contribution in [1.29, 1.82) is 0 Å². The summed E-state index contributed by atoms with van der Waals surface area (Å²) in [5.74, 6) is 1.47. The van der Waals surface area contributed by atoms with Crippen LogP contribution in [0.2, 0.25) is 10.0 Å². The van der Waals surface area contributed by atoms with E-state index in [1.807, 2.05) is 6.92 Å². The van der Waals surface area contributed by atoms with Gasteiger partial charge in [-0.2, -0.15) is 18.3 Å². The Hall–Kier alpha value is -2.63. The number of hydrogen-bond acceptors (Lipinski definition) is 6. The van der Waals surface area contributed by atoms with Crippen LogP contribution in [0.3, 0.4) is 0 Å². The molecule has 2 aliphatic heterocycles. The fourth-order valence-corrected chi connectivity index (χ4v) is 6.47. The van der Waals surface area contributed by atoms with Crippen molar-refractivity contribution in [3.8, 4) is 0 Å². The summed E-state index contributed by atoms with van der Waals surface area (Å²) in [6, 6.07) is 4.32. The van der Waals surface area contributed by atoms with Gasteiger partial charge in [0.15, 0.2) is 11.3 Å². The molecule has 4 heterocycles. The SMILES string of the molecule is CC(=O)NC(C)CN1CCC[C@H](C2CN(c3cnc4c(C(F)(F)F)nn(C(C)c5ccc(Cl)cc5Cl)c4n3)C2)C1. The van der Waals surface area contributed by atoms with E-state index < -0.39 is 17.9 Å². The molecule has 0 aliphatic carbocycles. The van der Waals surface area contributed by atoms with Crippen LogP contribution < -0.4 is 10.2 Å². The molecule has 2 saturated heterocycles. The predicted molar refractivity (Wildman–Crippen MR) is 149 cm³/mol. The number of nitrogens with zero attached hydrogens (tertiary/aromatic N) is 6. The first-order valence-corrected chi connectivity index (χ1v) is 14.2. The number of benzene rings is 1. The molecule has 40 heavy (non-hydrogen) atoms. The molecule has 1 N–H and O–H groups in total. The Morgan fingerprint density at radius 2 is 1.93 bits per heavy atom. The number of halogens is 5. The summed E-state index contributed by atoms with van der Waals surface area (Å²) >= 11 is 12.4. The van der Waals surface area contributed by atoms with E-state index in [1.165, 1.54) is 17.8 Å². The quantitative estimate of drug-likeness (QED) is 0.391. The minimum atomic E-state index is -4.69. The molecule has 0 saturated carbocycles. The molecule has 3 aromatic rings. The Bertz CT molecular complexity index is 1390. The second-order valence-electron chi connectivity index (χ2n) is 11.0. The van der Waals surface area contributed by atoms with Gasteiger partial charge in [-0.15, -0.1) is 0 Å². The van der Waals surface area contributed by atoms with E-state index in [2.05, 4.69) is 30.2 Å². The van der Waals surface area contributed by atoms with Crippen LogP contribution in [-0.2, 0) is 11.0 Å². The molecule has 2 unspecified atom stereocenters. The van der Waals surface area contributed by atoms with Gasteiger partial charge in [0.25, 0.3) is 0 Å². The lowest BCUT2D eigenvalue weighted by atomic mass is 9.80. The van der Waals surface area contributed by atoms with E-state index in [4.69, 9.17) is 23.2 Å². The number of likely N-dealkylation sites (tertiary alicyclic amines) is 1. The first-order chi connectivity index (χ1) is 18.9. The highest BCUT2D eigenvalue weighted by atomic mass is 35.5. The fraction of sp³-hybridized carbons (Fsp3) is 0.556. The molecule has 2 aromatic heterocycles. The van der Waals surface area contributed by atoms with Crippen molar-refractivity contribution in [1.82, 2.24) is 30.0 Å². The number of fused-ring (bicyclic) bond motifs is 1. The van der Waals surface area contributed by atoms with Crippen LogP contribution in [-0.4, -0.2) is 69.3 Å². The monoisotopic (exact) mass is 597 g/mol. The summed E-state index contributed by atoms with van der Waals surface area (Å²) < 4.78 is 42.9. The van der Waals surface area contributed by atoms with Gasteiger partial charge in [-0.25, -0.2) is 14.6 Å². The average molecular weight is 599 g/mol. The minimum Gasteiger partial charge on any atom is -0.355 e. The molecule has 0 bridgehead atoms. The summed E-state index contributed by atoms with van der Waals surface area (Å²) in [7, 11) is 0. The first-order valence-electron chi connectivity index (χ1n) is 13.4. The van der Waals surface area contributed by atoms with Crippen LogP contribution in [0.5, 0.6) is 0 Å². The van der Waals surface area contributed by atoms with Crippen LogP contribution in [0.15, 0.2) is 24.4 Å². The third kappa shape index (κ3) is 6.01. The van der Waals surface area contributed by atoms with Gasteiger partial charge in [-0.3, -0.25) is 4.79 Å². The zero-order valence-corrected chi connectivity index (χ0v) is 24.1. The number of piperidine rings is 1. The van der Waals surface area contributed by atoms with Crippen molar-refractivity contribution in [3.63, 3.8) is 0 Å². The molecular weight excluding hydrogens is 566 g/mol. The van der Waals surface area contributed by atoms with Crippen molar-refractivity contribution < 1.29 is 18.0 Å². The highest BCUT2D eigenvalue weighted by Crippen LogP contribution is 2.38. The van der Waals surface area contributed by atoms with E-state index in [0.29, 0.717) is 33.3 Å². The third-order valence-corrected chi connectivity index (χ3v) is 8.42. The van der Waals surface area contributed by atoms with Crippen molar-refractivity contribution in [2.24, 2.45) is 11.8 Å². The number of amides is 1. The lowest BCUT2D eigenvalue weighted by molar-refractivity contribution is -0.140. The maximum Gasteiger partial charge on any atom is 0.437 e. The van der Waals surface area contributed by atoms with Gasteiger partial charge >= 0.3 is 6.18 Å². The van der Waals surface area contributed by atoms with Gasteiger partial charge in [-0.05, 0) is 62.8 Å². The lowest BCUT2D eigenvalue weighted by Crippen LogP contribution is -2.54. The molecule has 0 spiro atoms. The normalized spacial score (nSPS) is 20.4. The Labute approximate surface area is 240 Å². The molecular formula is C27H32Cl2F3N7O. The zero-order chi connectivity index (χ0) is 28.8. The van der Waals surface area contributed by atoms with Crippen molar-refractivity contribution >= 4 is 46.1 Å². The van der Waals surface area contributed by atoms with Gasteiger partial charge in [0, 0.05) is 49.2 Å². The number of carbonyl (C=O) groups excluding carboxylic acids is 1. The predicted octanol–water partition coefficient (Wildman–Crippen LogP) is 5.43. The Morgan fingerprint density at radius 3 is 2.60 bits per heavy atom. The number of alkyl halides is 3. The topological polar surface area (TPSA) is 79.2 Å². The summed E-state index contributed by atoms with van der Waals surface area (Å²) in [5, 5.41) is 7.62. The molecule has 2 fully saturated rings. The Kier molecular flexibility index (Phi) is 8.18. The fourth-order valence-electron chi connectivity index (χ4n) is 5.90. The van der Waals surface area contributed by atoms with Crippen molar-refractivity contribution in [2.75, 3.05) is 37.6 Å². The average Bonchev–Trinajstić information content (AvgIpc) is 3.22. The third-order valence-electron chi connectivity index (χ3n) is 7.86. The number of nitrogens with one attached hydrogen (secondary N) is 1. The largest absolute Gasteiger partial charge is 0.437 e. The van der Waals surface area contributed by atoms with Gasteiger partial charge in [-0.1, -0.05) is 29.3 Å². The van der Waals surface area contributed by atoms with E-state index in [1.54, 1.807) is 25.1 Å². The molecule has 8 nitrogen and oxygen atoms in total. The maximum absolute atomic E-state index is 13.9. The zero-order valence-electron chi connectivity index (χ0n) is 22.5. The van der Waals surface area contributed by atoms with E-state index >= 15 is 0 Å². The van der Waals surface area contributed by atoms with Gasteiger partial charge in [0.05, 0.1) is 12.2 Å². The van der Waals surface area contributed by atoms with Gasteiger partial charge in [0.1, 0.15) is 11.3 Å². The van der Waals surface area contributed by atoms with E-state index in [-0.39, 0.29) is 23.1 Å². The van der Waals surface area contributed by atoms with Crippen molar-refractivity contribution in [2.45, 2.75) is 51.9 Å². The minimum absolute atomic E-state index is 0.0249. The molecule has 2 aliphatic rings. The molecule has 13 heteroatoms. The van der Waals surface area contributed by atoms with Crippen LogP contribution in [0, 0.1) is 11.8 Å². The molecule has 3 atom stereocenters. The molecule has 5 rings (SSSR count). The van der Waals surface area contributed by atoms with Gasteiger partial charge < -0.3 is 15.1 Å². The summed E-state index contributed by atoms with van der Waals surface area (Å²) in [6.07, 6.45) is -1.04. The van der Waals surface area contributed by atoms with Crippen LogP contribution in [0.4, 0.5) is 19.0 Å². The smallest absolute Gasteiger partial charge is 0.355 e. The Morgan fingerprint density at radius 1 is 1.18 bits per heavy atom. The van der Waals surface area contributed by atoms with Crippen molar-refractivity contribution in [3.05, 3.63) is 45.7 Å². The summed E-state index contributed by atoms with van der Waals surface area (Å²) in [6.45, 7) is 9.59. The number of anilines is 1. The van der Waals surface area contributed by atoms with E-state index in [0.717, 1.165) is 45.6 Å². The van der Waals surface area contributed by atoms with Gasteiger partial charge in [0.2, 0.25) is 5.91 Å². The molecule has 0 radical (unpaired) electrons. The highest BCUT2D eigenvalue weighted by molar-refractivity contribution is 6.35. The standard InChI is InChI=1S/C27H32Cl2F3N7O/c1-15(34-17(3)40)11-37-8-4-5-18(12-37)19-13-38(14-19)23-10-33-24-25(27(30,31)32)36-39(26(24)35-23)16(2)21-7-6-20(28)9-22(21)29/h6-7,9-10,15-16,18-19H,4-5,8,11-14H2,1-3H3,(H,34,40)/t15?,16?,18-/m0/s1. The summed E-state index contributed by atoms with van der Waals surface area (Å²) in [4.78, 5) is 24.6.